The van der Waals surface area contributed by atoms with E-state index in [-0.39, 0.29) is 0 Å². The predicted octanol–water partition coefficient (Wildman–Crippen LogP) is 3.21. The van der Waals surface area contributed by atoms with E-state index in [9.17, 15) is 0 Å². The third kappa shape index (κ3) is 4.57. The average molecular weight is 275 g/mol. The minimum atomic E-state index is 0.644. The minimum Gasteiger partial charge on any atom is -0.312 e. The van der Waals surface area contributed by atoms with Gasteiger partial charge in [-0.1, -0.05) is 32.3 Å². The van der Waals surface area contributed by atoms with Crippen molar-refractivity contribution in [2.75, 3.05) is 13.6 Å². The fourth-order valence-corrected chi connectivity index (χ4v) is 3.25. The molecule has 3 heteroatoms. The average Bonchev–Trinajstić information content (AvgIpc) is 2.71. The van der Waals surface area contributed by atoms with Gasteiger partial charge in [-0.2, -0.15) is 0 Å². The molecule has 1 aliphatic rings. The van der Waals surface area contributed by atoms with Gasteiger partial charge in [-0.3, -0.25) is 9.88 Å². The highest BCUT2D eigenvalue weighted by Crippen LogP contribution is 2.22. The second-order valence-electron chi connectivity index (χ2n) is 6.00. The van der Waals surface area contributed by atoms with Gasteiger partial charge < -0.3 is 5.32 Å². The van der Waals surface area contributed by atoms with Gasteiger partial charge in [0.15, 0.2) is 0 Å². The van der Waals surface area contributed by atoms with Crippen LogP contribution in [-0.4, -0.2) is 35.6 Å². The summed E-state index contributed by atoms with van der Waals surface area (Å²) in [6.45, 7) is 4.34. The molecule has 1 N–H and O–H groups in total. The molecule has 20 heavy (non-hydrogen) atoms. The molecule has 1 aromatic heterocycles. The lowest BCUT2D eigenvalue weighted by Gasteiger charge is -2.34. The van der Waals surface area contributed by atoms with Crippen molar-refractivity contribution in [2.24, 2.45) is 0 Å². The zero-order chi connectivity index (χ0) is 14.2. The Kier molecular flexibility index (Phi) is 6.48. The van der Waals surface area contributed by atoms with Crippen LogP contribution < -0.4 is 5.32 Å². The zero-order valence-corrected chi connectivity index (χ0v) is 13.0. The molecule has 2 rings (SSSR count). The first kappa shape index (κ1) is 15.5. The third-order valence-electron chi connectivity index (χ3n) is 4.34. The first-order valence-electron chi connectivity index (χ1n) is 8.14. The van der Waals surface area contributed by atoms with E-state index in [4.69, 9.17) is 0 Å². The number of rotatable bonds is 6. The summed E-state index contributed by atoms with van der Waals surface area (Å²) >= 11 is 0. The summed E-state index contributed by atoms with van der Waals surface area (Å²) in [5.74, 6) is 0. The number of aromatic nitrogens is 1. The molecule has 0 saturated heterocycles. The summed E-state index contributed by atoms with van der Waals surface area (Å²) in [4.78, 5) is 6.96. The van der Waals surface area contributed by atoms with Gasteiger partial charge in [0.2, 0.25) is 0 Å². The van der Waals surface area contributed by atoms with Crippen LogP contribution in [0, 0.1) is 0 Å². The van der Waals surface area contributed by atoms with Gasteiger partial charge in [0.25, 0.3) is 0 Å². The van der Waals surface area contributed by atoms with Crippen molar-refractivity contribution in [3.63, 3.8) is 0 Å². The Morgan fingerprint density at radius 2 is 2.10 bits per heavy atom. The van der Waals surface area contributed by atoms with E-state index in [2.05, 4.69) is 41.3 Å². The quantitative estimate of drug-likeness (QED) is 0.808. The SMILES string of the molecule is CCCNC1CCCCCC1N(C)Cc1ccccn1. The van der Waals surface area contributed by atoms with Crippen molar-refractivity contribution in [1.29, 1.82) is 0 Å². The fourth-order valence-electron chi connectivity index (χ4n) is 3.25. The fraction of sp³-hybridized carbons (Fsp3) is 0.706. The molecule has 0 amide bonds. The van der Waals surface area contributed by atoms with Gasteiger partial charge in [-0.25, -0.2) is 0 Å². The molecule has 1 aromatic rings. The lowest BCUT2D eigenvalue weighted by Crippen LogP contribution is -2.48. The van der Waals surface area contributed by atoms with Crippen molar-refractivity contribution in [1.82, 2.24) is 15.2 Å². The van der Waals surface area contributed by atoms with E-state index in [0.29, 0.717) is 12.1 Å². The highest BCUT2D eigenvalue weighted by Gasteiger charge is 2.26. The Bertz CT molecular complexity index is 366. The molecule has 1 aliphatic carbocycles. The van der Waals surface area contributed by atoms with Gasteiger partial charge in [-0.05, 0) is 45.0 Å². The molecule has 2 unspecified atom stereocenters. The molecule has 0 radical (unpaired) electrons. The standard InChI is InChI=1S/C17H29N3/c1-3-12-19-16-10-5-4-6-11-17(16)20(2)14-15-9-7-8-13-18-15/h7-9,13,16-17,19H,3-6,10-12,14H2,1-2H3. The van der Waals surface area contributed by atoms with Crippen LogP contribution in [0.5, 0.6) is 0 Å². The Hall–Kier alpha value is -0.930. The molecule has 2 atom stereocenters. The third-order valence-corrected chi connectivity index (χ3v) is 4.34. The lowest BCUT2D eigenvalue weighted by molar-refractivity contribution is 0.173. The van der Waals surface area contributed by atoms with Crippen LogP contribution in [0.4, 0.5) is 0 Å². The number of likely N-dealkylation sites (N-methyl/N-ethyl adjacent to an activating group) is 1. The van der Waals surface area contributed by atoms with E-state index in [1.807, 2.05) is 12.3 Å². The summed E-state index contributed by atoms with van der Waals surface area (Å²) in [7, 11) is 2.26. The summed E-state index contributed by atoms with van der Waals surface area (Å²) in [5, 5.41) is 3.77. The maximum absolute atomic E-state index is 4.46. The Morgan fingerprint density at radius 1 is 1.25 bits per heavy atom. The first-order valence-corrected chi connectivity index (χ1v) is 8.14. The van der Waals surface area contributed by atoms with E-state index < -0.39 is 0 Å². The van der Waals surface area contributed by atoms with Crippen LogP contribution in [0.2, 0.25) is 0 Å². The topological polar surface area (TPSA) is 28.2 Å². The summed E-state index contributed by atoms with van der Waals surface area (Å²) < 4.78 is 0. The van der Waals surface area contributed by atoms with Gasteiger partial charge in [0.1, 0.15) is 0 Å². The molecule has 1 fully saturated rings. The van der Waals surface area contributed by atoms with Crippen molar-refractivity contribution in [3.05, 3.63) is 30.1 Å². The molecule has 0 bridgehead atoms. The largest absolute Gasteiger partial charge is 0.312 e. The van der Waals surface area contributed by atoms with Gasteiger partial charge in [-0.15, -0.1) is 0 Å². The van der Waals surface area contributed by atoms with Crippen molar-refractivity contribution < 1.29 is 0 Å². The zero-order valence-electron chi connectivity index (χ0n) is 13.0. The number of hydrogen-bond acceptors (Lipinski definition) is 3. The number of nitrogens with one attached hydrogen (secondary N) is 1. The number of pyridine rings is 1. The maximum Gasteiger partial charge on any atom is 0.0543 e. The second kappa shape index (κ2) is 8.38. The van der Waals surface area contributed by atoms with E-state index in [1.54, 1.807) is 0 Å². The smallest absolute Gasteiger partial charge is 0.0543 e. The molecule has 3 nitrogen and oxygen atoms in total. The summed E-state index contributed by atoms with van der Waals surface area (Å²) in [5.41, 5.74) is 1.17. The molecular weight excluding hydrogens is 246 g/mol. The Balaban J connectivity index is 1.97. The minimum absolute atomic E-state index is 0.644. The van der Waals surface area contributed by atoms with Crippen molar-refractivity contribution >= 4 is 0 Å². The van der Waals surface area contributed by atoms with Crippen molar-refractivity contribution in [3.8, 4) is 0 Å². The summed E-state index contributed by atoms with van der Waals surface area (Å²) in [6, 6.07) is 7.48. The number of hydrogen-bond donors (Lipinski definition) is 1. The highest BCUT2D eigenvalue weighted by atomic mass is 15.2. The van der Waals surface area contributed by atoms with Crippen LogP contribution in [0.3, 0.4) is 0 Å². The molecule has 1 heterocycles. The van der Waals surface area contributed by atoms with Crippen LogP contribution in [0.1, 0.15) is 51.1 Å². The molecule has 0 aliphatic heterocycles. The van der Waals surface area contributed by atoms with Gasteiger partial charge in [0.05, 0.1) is 5.69 Å². The monoisotopic (exact) mass is 275 g/mol. The molecule has 112 valence electrons. The van der Waals surface area contributed by atoms with Gasteiger partial charge >= 0.3 is 0 Å². The molecule has 1 saturated carbocycles. The molecular formula is C17H29N3. The van der Waals surface area contributed by atoms with E-state index >= 15 is 0 Å². The Labute approximate surface area is 123 Å². The van der Waals surface area contributed by atoms with Crippen LogP contribution in [-0.2, 0) is 6.54 Å². The van der Waals surface area contributed by atoms with Crippen molar-refractivity contribution in [2.45, 2.75) is 64.1 Å². The predicted molar refractivity (Wildman–Crippen MR) is 84.7 cm³/mol. The van der Waals surface area contributed by atoms with Crippen LogP contribution in [0.25, 0.3) is 0 Å². The number of nitrogens with zero attached hydrogens (tertiary/aromatic N) is 2. The van der Waals surface area contributed by atoms with E-state index in [1.165, 1.54) is 44.2 Å². The second-order valence-corrected chi connectivity index (χ2v) is 6.00. The Morgan fingerprint density at radius 3 is 2.85 bits per heavy atom. The first-order chi connectivity index (χ1) is 9.81. The molecule has 0 aromatic carbocycles. The van der Waals surface area contributed by atoms with Gasteiger partial charge in [0, 0.05) is 24.8 Å². The highest BCUT2D eigenvalue weighted by molar-refractivity contribution is 5.03. The molecule has 0 spiro atoms. The van der Waals surface area contributed by atoms with Crippen LogP contribution in [0.15, 0.2) is 24.4 Å². The maximum atomic E-state index is 4.46. The van der Waals surface area contributed by atoms with E-state index in [0.717, 1.165) is 13.1 Å². The lowest BCUT2D eigenvalue weighted by atomic mass is 10.0. The van der Waals surface area contributed by atoms with Crippen LogP contribution >= 0.6 is 0 Å². The normalized spacial score (nSPS) is 23.8. The summed E-state index contributed by atoms with van der Waals surface area (Å²) in [6.07, 6.45) is 9.85.